The summed E-state index contributed by atoms with van der Waals surface area (Å²) in [6.07, 6.45) is 0. The Morgan fingerprint density at radius 1 is 1.11 bits per heavy atom. The fourth-order valence-corrected chi connectivity index (χ4v) is 2.37. The highest BCUT2D eigenvalue weighted by atomic mass is 16.5. The topological polar surface area (TPSA) is 118 Å². The van der Waals surface area contributed by atoms with Gasteiger partial charge in [0.15, 0.2) is 0 Å². The highest BCUT2D eigenvalue weighted by molar-refractivity contribution is 5.94. The van der Waals surface area contributed by atoms with Crippen LogP contribution in [0.1, 0.15) is 22.3 Å². The van der Waals surface area contributed by atoms with Crippen molar-refractivity contribution in [1.82, 2.24) is 15.5 Å². The first-order chi connectivity index (χ1) is 13.2. The van der Waals surface area contributed by atoms with Crippen molar-refractivity contribution in [3.8, 4) is 17.1 Å². The molecule has 0 radical (unpaired) electrons. The Bertz CT molecular complexity index is 865. The number of benzene rings is 2. The Hall–Kier alpha value is -3.23. The van der Waals surface area contributed by atoms with Crippen molar-refractivity contribution in [3.63, 3.8) is 0 Å². The Balaban J connectivity index is 1.70. The smallest absolute Gasteiger partial charge is 0.251 e. The van der Waals surface area contributed by atoms with E-state index in [1.165, 1.54) is 0 Å². The van der Waals surface area contributed by atoms with Crippen molar-refractivity contribution in [2.45, 2.75) is 6.04 Å². The van der Waals surface area contributed by atoms with Crippen LogP contribution in [0, 0.1) is 0 Å². The molecule has 0 aliphatic carbocycles. The molecule has 0 bridgehead atoms. The first-order valence-electron chi connectivity index (χ1n) is 8.35. The lowest BCUT2D eigenvalue weighted by atomic mass is 10.2. The summed E-state index contributed by atoms with van der Waals surface area (Å²) in [7, 11) is 0. The third-order valence-corrected chi connectivity index (χ3v) is 3.74. The lowest BCUT2D eigenvalue weighted by Gasteiger charge is -2.11. The summed E-state index contributed by atoms with van der Waals surface area (Å²) in [5.41, 5.74) is 1.15. The zero-order valence-electron chi connectivity index (χ0n) is 14.4. The van der Waals surface area contributed by atoms with Crippen molar-refractivity contribution < 1.29 is 24.3 Å². The van der Waals surface area contributed by atoms with Crippen LogP contribution in [0.25, 0.3) is 11.4 Å². The average Bonchev–Trinajstić information content (AvgIpc) is 3.21. The maximum atomic E-state index is 12.2. The molecule has 27 heavy (non-hydrogen) atoms. The van der Waals surface area contributed by atoms with E-state index in [0.717, 1.165) is 0 Å². The zero-order valence-corrected chi connectivity index (χ0v) is 14.4. The first kappa shape index (κ1) is 18.6. The molecule has 0 saturated heterocycles. The van der Waals surface area contributed by atoms with E-state index in [1.807, 2.05) is 6.07 Å². The monoisotopic (exact) mass is 369 g/mol. The Morgan fingerprint density at radius 2 is 1.85 bits per heavy atom. The molecule has 0 fully saturated rings. The molecule has 3 rings (SSSR count). The Morgan fingerprint density at radius 3 is 2.52 bits per heavy atom. The van der Waals surface area contributed by atoms with Crippen LogP contribution in [0.3, 0.4) is 0 Å². The molecule has 0 spiro atoms. The van der Waals surface area contributed by atoms with E-state index >= 15 is 0 Å². The molecule has 140 valence electrons. The summed E-state index contributed by atoms with van der Waals surface area (Å²) in [5.74, 6) is 0.697. The number of hydrogen-bond donors (Lipinski definition) is 3. The molecule has 8 nitrogen and oxygen atoms in total. The number of aliphatic hydroxyl groups excluding tert-OH is 2. The van der Waals surface area contributed by atoms with Gasteiger partial charge in [0.25, 0.3) is 11.8 Å². The molecule has 1 atom stereocenters. The maximum Gasteiger partial charge on any atom is 0.251 e. The van der Waals surface area contributed by atoms with Crippen LogP contribution in [-0.4, -0.2) is 46.1 Å². The number of ether oxygens (including phenoxy) is 1. The molecule has 8 heteroatoms. The van der Waals surface area contributed by atoms with Gasteiger partial charge in [-0.3, -0.25) is 4.79 Å². The van der Waals surface area contributed by atoms with Crippen molar-refractivity contribution >= 4 is 5.91 Å². The minimum atomic E-state index is -0.814. The predicted molar refractivity (Wildman–Crippen MR) is 96.0 cm³/mol. The molecule has 3 N–H and O–H groups in total. The summed E-state index contributed by atoms with van der Waals surface area (Å²) >= 11 is 0. The molecule has 1 amide bonds. The Kier molecular flexibility index (Phi) is 6.14. The van der Waals surface area contributed by atoms with Gasteiger partial charge in [0.1, 0.15) is 18.4 Å². The quantitative estimate of drug-likeness (QED) is 0.552. The summed E-state index contributed by atoms with van der Waals surface area (Å²) in [5, 5.41) is 24.9. The van der Waals surface area contributed by atoms with E-state index < -0.39 is 6.04 Å². The van der Waals surface area contributed by atoms with Gasteiger partial charge in [0.05, 0.1) is 13.2 Å². The second-order valence-electron chi connectivity index (χ2n) is 5.63. The van der Waals surface area contributed by atoms with E-state index in [1.54, 1.807) is 48.5 Å². The van der Waals surface area contributed by atoms with Crippen molar-refractivity contribution in [3.05, 3.63) is 66.1 Å². The van der Waals surface area contributed by atoms with Crippen LogP contribution in [-0.2, 0) is 0 Å². The second-order valence-corrected chi connectivity index (χ2v) is 5.63. The lowest BCUT2D eigenvalue weighted by molar-refractivity contribution is 0.0901. The van der Waals surface area contributed by atoms with Gasteiger partial charge in [-0.1, -0.05) is 23.4 Å². The maximum absolute atomic E-state index is 12.2. The summed E-state index contributed by atoms with van der Waals surface area (Å²) in [6.45, 7) is -0.230. The molecular weight excluding hydrogens is 350 g/mol. The van der Waals surface area contributed by atoms with Gasteiger partial charge in [-0.2, -0.15) is 4.98 Å². The second kappa shape index (κ2) is 8.93. The number of aromatic nitrogens is 2. The summed E-state index contributed by atoms with van der Waals surface area (Å²) in [6, 6.07) is 14.8. The average molecular weight is 369 g/mol. The number of rotatable bonds is 8. The summed E-state index contributed by atoms with van der Waals surface area (Å²) < 4.78 is 10.5. The van der Waals surface area contributed by atoms with Gasteiger partial charge < -0.3 is 24.8 Å². The SMILES string of the molecule is O=C(N[C@@H](CO)c1nc(-c2ccc(OCCO)cc2)no1)c1ccccc1. The van der Waals surface area contributed by atoms with E-state index in [4.69, 9.17) is 14.4 Å². The van der Waals surface area contributed by atoms with Gasteiger partial charge in [-0.05, 0) is 36.4 Å². The molecule has 2 aromatic carbocycles. The highest BCUT2D eigenvalue weighted by Crippen LogP contribution is 2.22. The number of hydrogen-bond acceptors (Lipinski definition) is 7. The standard InChI is InChI=1S/C19H19N3O5/c23-10-11-26-15-8-6-13(7-9-15)17-21-19(27-22-17)16(12-24)20-18(25)14-4-2-1-3-5-14/h1-9,16,23-24H,10-12H2,(H,20,25)/t16-/m0/s1. The number of aliphatic hydroxyl groups is 2. The van der Waals surface area contributed by atoms with Crippen LogP contribution in [0.15, 0.2) is 59.1 Å². The van der Waals surface area contributed by atoms with Gasteiger partial charge in [0, 0.05) is 11.1 Å². The molecule has 0 saturated carbocycles. The van der Waals surface area contributed by atoms with Gasteiger partial charge in [-0.15, -0.1) is 0 Å². The molecule has 1 heterocycles. The fraction of sp³-hybridized carbons (Fsp3) is 0.211. The van der Waals surface area contributed by atoms with Gasteiger partial charge in [0.2, 0.25) is 5.82 Å². The number of nitrogens with zero attached hydrogens (tertiary/aromatic N) is 2. The van der Waals surface area contributed by atoms with Crippen LogP contribution in [0.5, 0.6) is 5.75 Å². The van der Waals surface area contributed by atoms with Crippen LogP contribution >= 0.6 is 0 Å². The van der Waals surface area contributed by atoms with E-state index in [9.17, 15) is 9.90 Å². The molecule has 0 aliphatic heterocycles. The number of carbonyl (C=O) groups is 1. The van der Waals surface area contributed by atoms with Crippen LogP contribution in [0.4, 0.5) is 0 Å². The lowest BCUT2D eigenvalue weighted by Crippen LogP contribution is -2.31. The zero-order chi connectivity index (χ0) is 19.1. The number of nitrogens with one attached hydrogen (secondary N) is 1. The fourth-order valence-electron chi connectivity index (χ4n) is 2.37. The number of carbonyl (C=O) groups excluding carboxylic acids is 1. The third kappa shape index (κ3) is 4.69. The molecular formula is C19H19N3O5. The largest absolute Gasteiger partial charge is 0.491 e. The van der Waals surface area contributed by atoms with Gasteiger partial charge >= 0.3 is 0 Å². The first-order valence-corrected chi connectivity index (χ1v) is 8.35. The highest BCUT2D eigenvalue weighted by Gasteiger charge is 2.21. The van der Waals surface area contributed by atoms with Crippen molar-refractivity contribution in [2.24, 2.45) is 0 Å². The predicted octanol–water partition coefficient (Wildman–Crippen LogP) is 1.57. The minimum absolute atomic E-state index is 0.0623. The summed E-state index contributed by atoms with van der Waals surface area (Å²) in [4.78, 5) is 16.5. The molecule has 0 unspecified atom stereocenters. The van der Waals surface area contributed by atoms with Crippen molar-refractivity contribution in [1.29, 1.82) is 0 Å². The molecule has 0 aliphatic rings. The van der Waals surface area contributed by atoms with Gasteiger partial charge in [-0.25, -0.2) is 0 Å². The Labute approximate surface area is 155 Å². The van der Waals surface area contributed by atoms with E-state index in [2.05, 4.69) is 15.5 Å². The molecule has 1 aromatic heterocycles. The minimum Gasteiger partial charge on any atom is -0.491 e. The van der Waals surface area contributed by atoms with Crippen LogP contribution in [0.2, 0.25) is 0 Å². The van der Waals surface area contributed by atoms with E-state index in [0.29, 0.717) is 22.7 Å². The third-order valence-electron chi connectivity index (χ3n) is 3.74. The normalized spacial score (nSPS) is 11.8. The van der Waals surface area contributed by atoms with Crippen molar-refractivity contribution in [2.75, 3.05) is 19.8 Å². The van der Waals surface area contributed by atoms with E-state index in [-0.39, 0.29) is 31.6 Å². The van der Waals surface area contributed by atoms with Crippen LogP contribution < -0.4 is 10.1 Å². The molecule has 3 aromatic rings. The number of amides is 1.